The molecule has 0 spiro atoms. The van der Waals surface area contributed by atoms with Crippen molar-refractivity contribution in [3.05, 3.63) is 57.5 Å². The second kappa shape index (κ2) is 7.03. The van der Waals surface area contributed by atoms with Crippen LogP contribution in [-0.4, -0.2) is 21.9 Å². The van der Waals surface area contributed by atoms with Gasteiger partial charge in [0.2, 0.25) is 5.75 Å². The quantitative estimate of drug-likeness (QED) is 0.670. The third-order valence-electron chi connectivity index (χ3n) is 3.26. The van der Waals surface area contributed by atoms with Gasteiger partial charge in [0.05, 0.1) is 0 Å². The third-order valence-corrected chi connectivity index (χ3v) is 3.26. The summed E-state index contributed by atoms with van der Waals surface area (Å²) in [6.45, 7) is 4.65. The van der Waals surface area contributed by atoms with Crippen molar-refractivity contribution in [2.24, 2.45) is 0 Å². The van der Waals surface area contributed by atoms with Gasteiger partial charge >= 0.3 is 5.82 Å². The van der Waals surface area contributed by atoms with Crippen LogP contribution < -0.4 is 10.1 Å². The molecule has 0 saturated carbocycles. The minimum Gasteiger partial charge on any atom is -0.473 e. The number of amides is 1. The van der Waals surface area contributed by atoms with Crippen molar-refractivity contribution in [3.63, 3.8) is 0 Å². The second-order valence-electron chi connectivity index (χ2n) is 5.24. The van der Waals surface area contributed by atoms with Gasteiger partial charge in [-0.2, -0.15) is 0 Å². The first kappa shape index (κ1) is 17.3. The zero-order valence-electron chi connectivity index (χ0n) is 13.4. The molecular formula is C16H16FN3O4. The summed E-state index contributed by atoms with van der Waals surface area (Å²) < 4.78 is 18.8. The maximum Gasteiger partial charge on any atom is 0.406 e. The van der Waals surface area contributed by atoms with Gasteiger partial charge in [-0.15, -0.1) is 0 Å². The molecule has 2 rings (SSSR count). The number of nitrogens with one attached hydrogen (secondary N) is 1. The summed E-state index contributed by atoms with van der Waals surface area (Å²) >= 11 is 0. The van der Waals surface area contributed by atoms with E-state index in [1.807, 2.05) is 0 Å². The third kappa shape index (κ3) is 4.03. The zero-order valence-corrected chi connectivity index (χ0v) is 13.4. The van der Waals surface area contributed by atoms with Crippen molar-refractivity contribution in [2.75, 3.05) is 5.32 Å². The van der Waals surface area contributed by atoms with Crippen LogP contribution in [0.15, 0.2) is 30.3 Å². The Morgan fingerprint density at radius 1 is 1.33 bits per heavy atom. The number of carbonyl (C=O) groups is 1. The Kier molecular flexibility index (Phi) is 5.08. The molecule has 1 heterocycles. The Bertz CT molecular complexity index is 795. The standard InChI is InChI=1S/C16H16FN3O4/c1-9-4-6-12(8-13(9)17)19-16(21)11(3)24-14-7-5-10(2)18-15(14)20(22)23/h4-8,11H,1-3H3,(H,19,21)/t11-/m1/s1. The van der Waals surface area contributed by atoms with Crippen LogP contribution in [0, 0.1) is 29.8 Å². The fourth-order valence-corrected chi connectivity index (χ4v) is 1.91. The van der Waals surface area contributed by atoms with Gasteiger partial charge in [0.15, 0.2) is 6.10 Å². The number of rotatable bonds is 5. The summed E-state index contributed by atoms with van der Waals surface area (Å²) in [7, 11) is 0. The van der Waals surface area contributed by atoms with Crippen LogP contribution in [-0.2, 0) is 4.79 Å². The molecule has 7 nitrogen and oxygen atoms in total. The fraction of sp³-hybridized carbons (Fsp3) is 0.250. The Labute approximate surface area is 137 Å². The Hall–Kier alpha value is -3.03. The van der Waals surface area contributed by atoms with Crippen LogP contribution >= 0.6 is 0 Å². The molecular weight excluding hydrogens is 317 g/mol. The Morgan fingerprint density at radius 2 is 2.04 bits per heavy atom. The highest BCUT2D eigenvalue weighted by molar-refractivity contribution is 5.94. The Morgan fingerprint density at radius 3 is 2.67 bits per heavy atom. The van der Waals surface area contributed by atoms with Gasteiger partial charge in [0.1, 0.15) is 11.5 Å². The number of carbonyl (C=O) groups excluding carboxylic acids is 1. The molecule has 1 atom stereocenters. The highest BCUT2D eigenvalue weighted by atomic mass is 19.1. The number of halogens is 1. The van der Waals surface area contributed by atoms with E-state index >= 15 is 0 Å². The topological polar surface area (TPSA) is 94.4 Å². The lowest BCUT2D eigenvalue weighted by Gasteiger charge is -2.14. The highest BCUT2D eigenvalue weighted by Crippen LogP contribution is 2.25. The van der Waals surface area contributed by atoms with Crippen LogP contribution in [0.25, 0.3) is 0 Å². The molecule has 0 bridgehead atoms. The molecule has 8 heteroatoms. The molecule has 126 valence electrons. The fourth-order valence-electron chi connectivity index (χ4n) is 1.91. The molecule has 1 amide bonds. The van der Waals surface area contributed by atoms with Crippen LogP contribution in [0.3, 0.4) is 0 Å². The van der Waals surface area contributed by atoms with E-state index in [0.717, 1.165) is 0 Å². The molecule has 0 aliphatic carbocycles. The summed E-state index contributed by atoms with van der Waals surface area (Å²) in [6.07, 6.45) is -1.03. The van der Waals surface area contributed by atoms with E-state index in [1.54, 1.807) is 26.0 Å². The monoisotopic (exact) mass is 333 g/mol. The maximum absolute atomic E-state index is 13.5. The molecule has 24 heavy (non-hydrogen) atoms. The summed E-state index contributed by atoms with van der Waals surface area (Å²) in [5, 5.41) is 13.5. The predicted molar refractivity (Wildman–Crippen MR) is 85.5 cm³/mol. The number of hydrogen-bond acceptors (Lipinski definition) is 5. The number of ether oxygens (including phenoxy) is 1. The molecule has 1 aromatic carbocycles. The van der Waals surface area contributed by atoms with Crippen molar-refractivity contribution in [2.45, 2.75) is 26.9 Å². The first-order valence-electron chi connectivity index (χ1n) is 7.13. The minimum absolute atomic E-state index is 0.108. The largest absolute Gasteiger partial charge is 0.473 e. The van der Waals surface area contributed by atoms with Gasteiger partial charge in [0, 0.05) is 12.6 Å². The molecule has 0 unspecified atom stereocenters. The summed E-state index contributed by atoms with van der Waals surface area (Å²) in [6, 6.07) is 7.21. The van der Waals surface area contributed by atoms with E-state index in [2.05, 4.69) is 10.3 Å². The maximum atomic E-state index is 13.5. The van der Waals surface area contributed by atoms with Crippen LogP contribution in [0.1, 0.15) is 18.2 Å². The summed E-state index contributed by atoms with van der Waals surface area (Å²) in [4.78, 5) is 26.2. The first-order chi connectivity index (χ1) is 11.3. The number of hydrogen-bond donors (Lipinski definition) is 1. The van der Waals surface area contributed by atoms with Gasteiger partial charge in [-0.05, 0) is 53.6 Å². The van der Waals surface area contributed by atoms with E-state index in [0.29, 0.717) is 11.3 Å². The number of aryl methyl sites for hydroxylation is 2. The number of aromatic nitrogens is 1. The molecule has 0 saturated heterocycles. The lowest BCUT2D eigenvalue weighted by molar-refractivity contribution is -0.390. The zero-order chi connectivity index (χ0) is 17.9. The molecule has 0 fully saturated rings. The van der Waals surface area contributed by atoms with Crippen molar-refractivity contribution in [3.8, 4) is 5.75 Å². The van der Waals surface area contributed by atoms with Crippen molar-refractivity contribution < 1.29 is 18.8 Å². The lowest BCUT2D eigenvalue weighted by atomic mass is 10.2. The van der Waals surface area contributed by atoms with Crippen LogP contribution in [0.2, 0.25) is 0 Å². The van der Waals surface area contributed by atoms with Gasteiger partial charge in [-0.1, -0.05) is 6.07 Å². The normalized spacial score (nSPS) is 11.7. The molecule has 0 radical (unpaired) electrons. The predicted octanol–water partition coefficient (Wildman–Crippen LogP) is 3.15. The second-order valence-corrected chi connectivity index (χ2v) is 5.24. The summed E-state index contributed by atoms with van der Waals surface area (Å²) in [5.41, 5.74) is 1.19. The highest BCUT2D eigenvalue weighted by Gasteiger charge is 2.23. The number of nitrogens with zero attached hydrogens (tertiary/aromatic N) is 2. The molecule has 2 aromatic rings. The molecule has 1 aromatic heterocycles. The van der Waals surface area contributed by atoms with Crippen molar-refractivity contribution >= 4 is 17.4 Å². The van der Waals surface area contributed by atoms with E-state index in [4.69, 9.17) is 4.74 Å². The van der Waals surface area contributed by atoms with E-state index in [1.165, 1.54) is 25.1 Å². The van der Waals surface area contributed by atoms with E-state index < -0.39 is 28.6 Å². The molecule has 1 N–H and O–H groups in total. The number of nitro groups is 1. The number of pyridine rings is 1. The molecule has 0 aliphatic heterocycles. The SMILES string of the molecule is Cc1ccc(O[C@H](C)C(=O)Nc2ccc(C)c(F)c2)c([N+](=O)[O-])n1. The van der Waals surface area contributed by atoms with Gasteiger partial charge in [0.25, 0.3) is 5.91 Å². The van der Waals surface area contributed by atoms with Crippen LogP contribution in [0.4, 0.5) is 15.9 Å². The Balaban J connectivity index is 2.11. The molecule has 0 aliphatic rings. The lowest BCUT2D eigenvalue weighted by Crippen LogP contribution is -2.30. The van der Waals surface area contributed by atoms with Crippen molar-refractivity contribution in [1.29, 1.82) is 0 Å². The smallest absolute Gasteiger partial charge is 0.406 e. The number of anilines is 1. The average molecular weight is 333 g/mol. The van der Waals surface area contributed by atoms with Gasteiger partial charge < -0.3 is 20.2 Å². The van der Waals surface area contributed by atoms with Crippen LogP contribution in [0.5, 0.6) is 5.75 Å². The van der Waals surface area contributed by atoms with Crippen molar-refractivity contribution in [1.82, 2.24) is 4.98 Å². The number of benzene rings is 1. The minimum atomic E-state index is -1.03. The van der Waals surface area contributed by atoms with E-state index in [-0.39, 0.29) is 11.4 Å². The van der Waals surface area contributed by atoms with Gasteiger partial charge in [-0.25, -0.2) is 4.39 Å². The van der Waals surface area contributed by atoms with E-state index in [9.17, 15) is 19.3 Å². The van der Waals surface area contributed by atoms with Gasteiger partial charge in [-0.3, -0.25) is 4.79 Å². The first-order valence-corrected chi connectivity index (χ1v) is 7.13. The average Bonchev–Trinajstić information content (AvgIpc) is 2.52. The summed E-state index contributed by atoms with van der Waals surface area (Å²) in [5.74, 6) is -1.58.